The molecule has 33 heavy (non-hydrogen) atoms. The Morgan fingerprint density at radius 3 is 2.58 bits per heavy atom. The highest BCUT2D eigenvalue weighted by molar-refractivity contribution is 7.21. The number of pyridine rings is 2. The van der Waals surface area contributed by atoms with Gasteiger partial charge in [-0.3, -0.25) is 20.1 Å². The van der Waals surface area contributed by atoms with Crippen LogP contribution >= 0.6 is 11.3 Å². The van der Waals surface area contributed by atoms with Crippen molar-refractivity contribution in [2.75, 3.05) is 12.4 Å². The predicted octanol–water partition coefficient (Wildman–Crippen LogP) is 4.18. The van der Waals surface area contributed by atoms with E-state index in [1.165, 1.54) is 11.3 Å². The smallest absolute Gasteiger partial charge is 0.259 e. The maximum atomic E-state index is 13.2. The molecule has 0 radical (unpaired) electrons. The SMILES string of the molecule is COc1cnc(C)cc1-c1cc(C)ncc1C(=O)Nc1nc2ncc(C#CC3CC3)nc2s1. The average molecular weight is 457 g/mol. The van der Waals surface area contributed by atoms with Gasteiger partial charge < -0.3 is 4.74 Å². The molecule has 4 aromatic heterocycles. The number of aromatic nitrogens is 5. The minimum absolute atomic E-state index is 0.332. The van der Waals surface area contributed by atoms with E-state index in [2.05, 4.69) is 42.1 Å². The number of carbonyl (C=O) groups excluding carboxylic acids is 1. The van der Waals surface area contributed by atoms with Gasteiger partial charge in [0, 0.05) is 34.6 Å². The first-order valence-electron chi connectivity index (χ1n) is 10.4. The molecule has 0 atom stereocenters. The Bertz CT molecular complexity index is 1450. The van der Waals surface area contributed by atoms with Crippen LogP contribution in [0.5, 0.6) is 5.75 Å². The van der Waals surface area contributed by atoms with Crippen LogP contribution in [0.25, 0.3) is 21.6 Å². The van der Waals surface area contributed by atoms with Crippen molar-refractivity contribution < 1.29 is 9.53 Å². The summed E-state index contributed by atoms with van der Waals surface area (Å²) in [6, 6.07) is 3.75. The number of amides is 1. The van der Waals surface area contributed by atoms with E-state index in [9.17, 15) is 4.79 Å². The van der Waals surface area contributed by atoms with Gasteiger partial charge in [-0.15, -0.1) is 0 Å². The number of methoxy groups -OCH3 is 1. The minimum Gasteiger partial charge on any atom is -0.494 e. The lowest BCUT2D eigenvalue weighted by Gasteiger charge is -2.13. The third-order valence-electron chi connectivity index (χ3n) is 5.12. The Morgan fingerprint density at radius 1 is 1.06 bits per heavy atom. The number of thiazole rings is 1. The summed E-state index contributed by atoms with van der Waals surface area (Å²) in [5, 5.41) is 3.27. The van der Waals surface area contributed by atoms with E-state index in [1.54, 1.807) is 25.7 Å². The van der Waals surface area contributed by atoms with E-state index in [1.807, 2.05) is 26.0 Å². The number of hydrogen-bond donors (Lipinski definition) is 1. The monoisotopic (exact) mass is 456 g/mol. The number of anilines is 1. The van der Waals surface area contributed by atoms with Crippen molar-refractivity contribution in [3.05, 3.63) is 53.4 Å². The summed E-state index contributed by atoms with van der Waals surface area (Å²) >= 11 is 1.26. The van der Waals surface area contributed by atoms with Crippen LogP contribution in [0.3, 0.4) is 0 Å². The zero-order chi connectivity index (χ0) is 22.9. The number of nitrogens with zero attached hydrogens (tertiary/aromatic N) is 5. The first-order valence-corrected chi connectivity index (χ1v) is 11.3. The predicted molar refractivity (Wildman–Crippen MR) is 126 cm³/mol. The largest absolute Gasteiger partial charge is 0.494 e. The molecule has 0 aliphatic heterocycles. The molecule has 0 saturated heterocycles. The summed E-state index contributed by atoms with van der Waals surface area (Å²) in [4.78, 5) is 35.7. The molecule has 4 aromatic rings. The van der Waals surface area contributed by atoms with Crippen molar-refractivity contribution in [1.82, 2.24) is 24.9 Å². The number of fused-ring (bicyclic) bond motifs is 1. The summed E-state index contributed by atoms with van der Waals surface area (Å²) in [6.07, 6.45) is 7.13. The molecule has 0 bridgehead atoms. The molecule has 1 amide bonds. The fourth-order valence-electron chi connectivity index (χ4n) is 3.29. The lowest BCUT2D eigenvalue weighted by atomic mass is 9.99. The van der Waals surface area contributed by atoms with Crippen LogP contribution < -0.4 is 10.1 Å². The fourth-order valence-corrected chi connectivity index (χ4v) is 4.08. The molecule has 1 aliphatic carbocycles. The van der Waals surface area contributed by atoms with Crippen molar-refractivity contribution in [2.24, 2.45) is 5.92 Å². The van der Waals surface area contributed by atoms with Crippen LogP contribution in [0, 0.1) is 31.6 Å². The summed E-state index contributed by atoms with van der Waals surface area (Å²) < 4.78 is 5.48. The van der Waals surface area contributed by atoms with E-state index in [-0.39, 0.29) is 5.91 Å². The zero-order valence-corrected chi connectivity index (χ0v) is 19.2. The molecule has 1 N–H and O–H groups in total. The van der Waals surface area contributed by atoms with Gasteiger partial charge in [0.1, 0.15) is 11.4 Å². The third kappa shape index (κ3) is 4.52. The molecule has 0 aromatic carbocycles. The molecule has 1 aliphatic rings. The number of ether oxygens (including phenoxy) is 1. The molecule has 9 heteroatoms. The molecule has 164 valence electrons. The van der Waals surface area contributed by atoms with Gasteiger partial charge in [-0.1, -0.05) is 17.3 Å². The first kappa shape index (κ1) is 21.0. The van der Waals surface area contributed by atoms with Crippen molar-refractivity contribution in [3.63, 3.8) is 0 Å². The highest BCUT2D eigenvalue weighted by atomic mass is 32.1. The number of rotatable bonds is 4. The van der Waals surface area contributed by atoms with Crippen LogP contribution in [0.4, 0.5) is 5.13 Å². The molecular weight excluding hydrogens is 436 g/mol. The Balaban J connectivity index is 1.46. The van der Waals surface area contributed by atoms with Crippen LogP contribution in [0.1, 0.15) is 40.3 Å². The van der Waals surface area contributed by atoms with E-state index >= 15 is 0 Å². The third-order valence-corrected chi connectivity index (χ3v) is 5.98. The minimum atomic E-state index is -0.332. The molecule has 0 spiro atoms. The van der Waals surface area contributed by atoms with Crippen molar-refractivity contribution in [2.45, 2.75) is 26.7 Å². The summed E-state index contributed by atoms with van der Waals surface area (Å²) in [5.74, 6) is 6.97. The van der Waals surface area contributed by atoms with Crippen LogP contribution in [0.15, 0.2) is 30.7 Å². The van der Waals surface area contributed by atoms with Gasteiger partial charge in [0.05, 0.1) is 25.1 Å². The highest BCUT2D eigenvalue weighted by Crippen LogP contribution is 2.33. The van der Waals surface area contributed by atoms with Gasteiger partial charge in [-0.25, -0.2) is 9.97 Å². The second-order valence-corrected chi connectivity index (χ2v) is 8.78. The van der Waals surface area contributed by atoms with Gasteiger partial charge in [0.2, 0.25) is 0 Å². The van der Waals surface area contributed by atoms with Crippen molar-refractivity contribution in [1.29, 1.82) is 0 Å². The normalized spacial score (nSPS) is 12.8. The van der Waals surface area contributed by atoms with Crippen molar-refractivity contribution in [3.8, 4) is 28.7 Å². The fraction of sp³-hybridized carbons (Fsp3) is 0.250. The molecule has 8 nitrogen and oxygen atoms in total. The molecule has 1 saturated carbocycles. The maximum absolute atomic E-state index is 13.2. The molecule has 4 heterocycles. The van der Waals surface area contributed by atoms with Gasteiger partial charge in [0.25, 0.3) is 5.91 Å². The van der Waals surface area contributed by atoms with Gasteiger partial charge in [0.15, 0.2) is 15.6 Å². The Kier molecular flexibility index (Phi) is 5.44. The van der Waals surface area contributed by atoms with E-state index < -0.39 is 0 Å². The number of nitrogens with one attached hydrogen (secondary N) is 1. The zero-order valence-electron chi connectivity index (χ0n) is 18.3. The number of carbonyl (C=O) groups is 1. The Labute approximate surface area is 194 Å². The summed E-state index contributed by atoms with van der Waals surface area (Å²) in [6.45, 7) is 3.77. The van der Waals surface area contributed by atoms with Gasteiger partial charge in [-0.05, 0) is 44.7 Å². The summed E-state index contributed by atoms with van der Waals surface area (Å²) in [7, 11) is 1.58. The molecule has 0 unspecified atom stereocenters. The summed E-state index contributed by atoms with van der Waals surface area (Å²) in [5.41, 5.74) is 4.56. The number of hydrogen-bond acceptors (Lipinski definition) is 8. The molecule has 1 fully saturated rings. The highest BCUT2D eigenvalue weighted by Gasteiger charge is 2.20. The average Bonchev–Trinajstić information content (AvgIpc) is 3.55. The topological polar surface area (TPSA) is 103 Å². The van der Waals surface area contributed by atoms with Crippen molar-refractivity contribution >= 4 is 32.9 Å². The van der Waals surface area contributed by atoms with E-state index in [0.717, 1.165) is 29.8 Å². The van der Waals surface area contributed by atoms with Gasteiger partial charge >= 0.3 is 0 Å². The van der Waals surface area contributed by atoms with E-state index in [4.69, 9.17) is 4.74 Å². The van der Waals surface area contributed by atoms with E-state index in [0.29, 0.717) is 44.1 Å². The second kappa shape index (κ2) is 8.56. The van der Waals surface area contributed by atoms with Gasteiger partial charge in [-0.2, -0.15) is 4.98 Å². The molecular formula is C24H20N6O2S. The Hall–Kier alpha value is -3.90. The Morgan fingerprint density at radius 2 is 1.82 bits per heavy atom. The van der Waals surface area contributed by atoms with Crippen LogP contribution in [-0.2, 0) is 0 Å². The maximum Gasteiger partial charge on any atom is 0.259 e. The standard InChI is InChI=1S/C24H20N6O2S/c1-13-8-17(18-9-14(2)26-12-20(18)32-3)19(11-25-13)22(31)30-24-29-21-23(33-24)28-16(10-27-21)7-6-15-4-5-15/h8-12,15H,4-5H2,1-3H3,(H,27,29,30,31). The molecule has 5 rings (SSSR count). The lowest BCUT2D eigenvalue weighted by molar-refractivity contribution is 0.102. The van der Waals surface area contributed by atoms with Crippen LogP contribution in [0.2, 0.25) is 0 Å². The second-order valence-electron chi connectivity index (χ2n) is 7.80. The van der Waals surface area contributed by atoms with Crippen LogP contribution in [-0.4, -0.2) is 37.9 Å². The first-order chi connectivity index (χ1) is 16.0. The quantitative estimate of drug-likeness (QED) is 0.460. The lowest BCUT2D eigenvalue weighted by Crippen LogP contribution is -2.14. The number of aryl methyl sites for hydroxylation is 2.